The minimum Gasteiger partial charge on any atom is -0.308 e. The monoisotopic (exact) mass is 186 g/mol. The Bertz CT molecular complexity index is 139. The minimum atomic E-state index is 0.202. The van der Waals surface area contributed by atoms with Crippen LogP contribution in [0.25, 0.3) is 0 Å². The molecule has 0 aliphatic rings. The third kappa shape index (κ3) is 6.05. The molecule has 2 nitrogen and oxygen atoms in total. The molecule has 0 spiro atoms. The molecule has 0 amide bonds. The third-order valence-corrected chi connectivity index (χ3v) is 2.21. The molecule has 0 fully saturated rings. The number of likely N-dealkylation sites (N-methyl/N-ethyl adjacent to an activating group) is 1. The lowest BCUT2D eigenvalue weighted by molar-refractivity contribution is 0.192. The van der Waals surface area contributed by atoms with Gasteiger partial charge in [0.15, 0.2) is 0 Å². The number of nitrogens with one attached hydrogen (secondary N) is 1. The molecule has 80 valence electrons. The van der Waals surface area contributed by atoms with Gasteiger partial charge in [0.05, 0.1) is 0 Å². The van der Waals surface area contributed by atoms with Gasteiger partial charge in [-0.05, 0) is 34.7 Å². The molecule has 0 saturated carbocycles. The van der Waals surface area contributed by atoms with Gasteiger partial charge in [-0.3, -0.25) is 0 Å². The van der Waals surface area contributed by atoms with Gasteiger partial charge in [0, 0.05) is 24.2 Å². The van der Waals surface area contributed by atoms with Crippen LogP contribution in [0.15, 0.2) is 0 Å². The molecule has 13 heavy (non-hydrogen) atoms. The summed E-state index contributed by atoms with van der Waals surface area (Å²) in [4.78, 5) is 2.37. The molecule has 0 rings (SSSR count). The van der Waals surface area contributed by atoms with Crippen molar-refractivity contribution in [2.45, 2.75) is 59.2 Å². The highest BCUT2D eigenvalue weighted by Gasteiger charge is 2.21. The molecule has 0 radical (unpaired) electrons. The van der Waals surface area contributed by atoms with E-state index in [0.29, 0.717) is 12.1 Å². The van der Waals surface area contributed by atoms with Crippen LogP contribution < -0.4 is 5.32 Å². The van der Waals surface area contributed by atoms with E-state index in [1.54, 1.807) is 0 Å². The Hall–Kier alpha value is -0.0800. The summed E-state index contributed by atoms with van der Waals surface area (Å²) in [5.74, 6) is 0. The zero-order valence-corrected chi connectivity index (χ0v) is 10.3. The lowest BCUT2D eigenvalue weighted by atomic mass is 10.0. The van der Waals surface area contributed by atoms with Gasteiger partial charge in [0.2, 0.25) is 0 Å². The first kappa shape index (κ1) is 12.9. The maximum Gasteiger partial charge on any atom is 0.0254 e. The maximum atomic E-state index is 3.56. The van der Waals surface area contributed by atoms with Gasteiger partial charge in [-0.1, -0.05) is 13.8 Å². The second kappa shape index (κ2) is 4.97. The van der Waals surface area contributed by atoms with Gasteiger partial charge < -0.3 is 10.2 Å². The van der Waals surface area contributed by atoms with Gasteiger partial charge in [0.25, 0.3) is 0 Å². The average molecular weight is 186 g/mol. The summed E-state index contributed by atoms with van der Waals surface area (Å²) in [6.45, 7) is 14.4. The van der Waals surface area contributed by atoms with Gasteiger partial charge in [0.1, 0.15) is 0 Å². The van der Waals surface area contributed by atoms with Crippen molar-refractivity contribution < 1.29 is 0 Å². The van der Waals surface area contributed by atoms with Crippen molar-refractivity contribution in [1.29, 1.82) is 0 Å². The van der Waals surface area contributed by atoms with Crippen LogP contribution >= 0.6 is 0 Å². The average Bonchev–Trinajstić information content (AvgIpc) is 1.81. The molecule has 0 aromatic carbocycles. The predicted octanol–water partition coefficient (Wildman–Crippen LogP) is 2.10. The predicted molar refractivity (Wildman–Crippen MR) is 60.1 cm³/mol. The Morgan fingerprint density at radius 1 is 1.15 bits per heavy atom. The summed E-state index contributed by atoms with van der Waals surface area (Å²) in [5.41, 5.74) is 0.202. The lowest BCUT2D eigenvalue weighted by Gasteiger charge is -2.35. The van der Waals surface area contributed by atoms with Crippen molar-refractivity contribution in [3.63, 3.8) is 0 Å². The normalized spacial score (nSPS) is 13.4. The van der Waals surface area contributed by atoms with Crippen LogP contribution in [-0.2, 0) is 0 Å². The molecule has 0 unspecified atom stereocenters. The molecule has 0 saturated heterocycles. The molecule has 0 aliphatic heterocycles. The van der Waals surface area contributed by atoms with Crippen LogP contribution in [0.1, 0.15) is 41.5 Å². The van der Waals surface area contributed by atoms with Crippen LogP contribution in [-0.4, -0.2) is 36.1 Å². The van der Waals surface area contributed by atoms with E-state index in [0.717, 1.165) is 6.54 Å². The van der Waals surface area contributed by atoms with Crippen molar-refractivity contribution in [1.82, 2.24) is 10.2 Å². The van der Waals surface area contributed by atoms with E-state index < -0.39 is 0 Å². The van der Waals surface area contributed by atoms with Crippen LogP contribution in [0.3, 0.4) is 0 Å². The molecule has 2 heteroatoms. The lowest BCUT2D eigenvalue weighted by Crippen LogP contribution is -2.52. The summed E-state index contributed by atoms with van der Waals surface area (Å²) in [7, 11) is 2.18. The molecular formula is C11H26N2. The molecule has 0 aliphatic carbocycles. The Labute approximate surface area is 83.7 Å². The van der Waals surface area contributed by atoms with Crippen LogP contribution in [0, 0.1) is 0 Å². The maximum absolute atomic E-state index is 3.56. The van der Waals surface area contributed by atoms with Crippen molar-refractivity contribution in [3.8, 4) is 0 Å². The Morgan fingerprint density at radius 3 is 1.92 bits per heavy atom. The van der Waals surface area contributed by atoms with Crippen LogP contribution in [0.2, 0.25) is 0 Å². The first-order chi connectivity index (χ1) is 5.74. The minimum absolute atomic E-state index is 0.202. The molecule has 0 aromatic heterocycles. The van der Waals surface area contributed by atoms with E-state index >= 15 is 0 Å². The van der Waals surface area contributed by atoms with Gasteiger partial charge >= 0.3 is 0 Å². The summed E-state index contributed by atoms with van der Waals surface area (Å²) >= 11 is 0. The summed E-state index contributed by atoms with van der Waals surface area (Å²) in [6, 6.07) is 1.17. The first-order valence-electron chi connectivity index (χ1n) is 5.22. The fourth-order valence-corrected chi connectivity index (χ4v) is 1.63. The van der Waals surface area contributed by atoms with E-state index in [2.05, 4.69) is 58.8 Å². The molecule has 0 aromatic rings. The number of hydrogen-bond acceptors (Lipinski definition) is 2. The highest BCUT2D eigenvalue weighted by molar-refractivity contribution is 4.83. The van der Waals surface area contributed by atoms with Crippen LogP contribution in [0.4, 0.5) is 0 Å². The Balaban J connectivity index is 4.00. The quantitative estimate of drug-likeness (QED) is 0.707. The third-order valence-electron chi connectivity index (χ3n) is 2.21. The van der Waals surface area contributed by atoms with Crippen molar-refractivity contribution in [2.24, 2.45) is 0 Å². The van der Waals surface area contributed by atoms with Crippen molar-refractivity contribution >= 4 is 0 Å². The zero-order chi connectivity index (χ0) is 10.6. The van der Waals surface area contributed by atoms with E-state index in [-0.39, 0.29) is 5.54 Å². The van der Waals surface area contributed by atoms with Gasteiger partial charge in [-0.2, -0.15) is 0 Å². The van der Waals surface area contributed by atoms with E-state index in [9.17, 15) is 0 Å². The van der Waals surface area contributed by atoms with Gasteiger partial charge in [-0.25, -0.2) is 0 Å². The van der Waals surface area contributed by atoms with Gasteiger partial charge in [-0.15, -0.1) is 0 Å². The Kier molecular flexibility index (Phi) is 4.93. The summed E-state index contributed by atoms with van der Waals surface area (Å²) < 4.78 is 0. The summed E-state index contributed by atoms with van der Waals surface area (Å²) in [6.07, 6.45) is 0. The smallest absolute Gasteiger partial charge is 0.0254 e. The molecular weight excluding hydrogens is 160 g/mol. The fraction of sp³-hybridized carbons (Fsp3) is 1.00. The fourth-order valence-electron chi connectivity index (χ4n) is 1.63. The standard InChI is InChI=1S/C11H26N2/c1-9(2)12-11(5,6)8-13(7)10(3)4/h9-10,12H,8H2,1-7H3. The van der Waals surface area contributed by atoms with Crippen LogP contribution in [0.5, 0.6) is 0 Å². The summed E-state index contributed by atoms with van der Waals surface area (Å²) in [5, 5.41) is 3.56. The second-order valence-electron chi connectivity index (χ2n) is 5.19. The molecule has 1 N–H and O–H groups in total. The van der Waals surface area contributed by atoms with E-state index in [1.165, 1.54) is 0 Å². The second-order valence-corrected chi connectivity index (χ2v) is 5.19. The van der Waals surface area contributed by atoms with Crippen molar-refractivity contribution in [2.75, 3.05) is 13.6 Å². The zero-order valence-electron chi connectivity index (χ0n) is 10.3. The SMILES string of the molecule is CC(C)NC(C)(C)CN(C)C(C)C. The first-order valence-corrected chi connectivity index (χ1v) is 5.22. The topological polar surface area (TPSA) is 15.3 Å². The highest BCUT2D eigenvalue weighted by atomic mass is 15.2. The molecule has 0 bridgehead atoms. The largest absolute Gasteiger partial charge is 0.308 e. The van der Waals surface area contributed by atoms with E-state index in [4.69, 9.17) is 0 Å². The van der Waals surface area contributed by atoms with E-state index in [1.807, 2.05) is 0 Å². The molecule has 0 heterocycles. The van der Waals surface area contributed by atoms with Crippen molar-refractivity contribution in [3.05, 3.63) is 0 Å². The number of rotatable bonds is 5. The number of nitrogens with zero attached hydrogens (tertiary/aromatic N) is 1. The molecule has 0 atom stereocenters. The Morgan fingerprint density at radius 2 is 1.62 bits per heavy atom. The number of hydrogen-bond donors (Lipinski definition) is 1. The highest BCUT2D eigenvalue weighted by Crippen LogP contribution is 2.07.